The number of nitrogens with one attached hydrogen (secondary N) is 2. The van der Waals surface area contributed by atoms with Gasteiger partial charge in [0.25, 0.3) is 0 Å². The van der Waals surface area contributed by atoms with Gasteiger partial charge in [-0.05, 0) is 26.7 Å². The summed E-state index contributed by atoms with van der Waals surface area (Å²) in [5.74, 6) is 0.672. The van der Waals surface area contributed by atoms with E-state index in [9.17, 15) is 4.79 Å². The van der Waals surface area contributed by atoms with Crippen LogP contribution in [0.5, 0.6) is 0 Å². The van der Waals surface area contributed by atoms with Crippen molar-refractivity contribution in [3.05, 3.63) is 32.2 Å². The first-order valence-corrected chi connectivity index (χ1v) is 8.78. The summed E-state index contributed by atoms with van der Waals surface area (Å²) in [6.07, 6.45) is 2.51. The maximum absolute atomic E-state index is 11.9. The van der Waals surface area contributed by atoms with Gasteiger partial charge in [0, 0.05) is 22.4 Å². The summed E-state index contributed by atoms with van der Waals surface area (Å²) in [7, 11) is 0. The molecule has 0 radical (unpaired) electrons. The molecular weight excluding hydrogens is 304 g/mol. The van der Waals surface area contributed by atoms with Crippen molar-refractivity contribution in [1.82, 2.24) is 20.6 Å². The minimum atomic E-state index is -0.184. The summed E-state index contributed by atoms with van der Waals surface area (Å²) in [5.41, 5.74) is 1.92. The van der Waals surface area contributed by atoms with Crippen LogP contribution in [0.15, 0.2) is 10.8 Å². The van der Waals surface area contributed by atoms with E-state index in [2.05, 4.69) is 20.6 Å². The number of thiazole rings is 2. The predicted molar refractivity (Wildman–Crippen MR) is 84.7 cm³/mol. The van der Waals surface area contributed by atoms with Crippen LogP contribution in [0.3, 0.4) is 0 Å². The Bertz CT molecular complexity index is 632. The van der Waals surface area contributed by atoms with E-state index in [0.29, 0.717) is 12.5 Å². The van der Waals surface area contributed by atoms with Gasteiger partial charge in [-0.2, -0.15) is 0 Å². The van der Waals surface area contributed by atoms with Crippen LogP contribution in [0, 0.1) is 6.92 Å². The summed E-state index contributed by atoms with van der Waals surface area (Å²) in [5, 5.41) is 11.9. The van der Waals surface area contributed by atoms with Crippen molar-refractivity contribution in [1.29, 1.82) is 0 Å². The number of nitrogens with zero attached hydrogens (tertiary/aromatic N) is 2. The smallest absolute Gasteiger partial charge is 0.315 e. The number of aryl methyl sites for hydroxylation is 1. The number of carbonyl (C=O) groups is 1. The minimum absolute atomic E-state index is 0.0823. The molecule has 21 heavy (non-hydrogen) atoms. The zero-order valence-electron chi connectivity index (χ0n) is 12.0. The highest BCUT2D eigenvalue weighted by atomic mass is 32.1. The number of urea groups is 1. The Balaban J connectivity index is 1.47. The molecule has 5 nitrogen and oxygen atoms in total. The molecule has 0 saturated heterocycles. The molecule has 1 fully saturated rings. The standard InChI is InChI=1S/C14H18N4OS2/c1-8-6-20-12(16-8)9(2)17-14(19)15-5-11-7-21-13(18-11)10-3-4-10/h6-7,9-10H,3-5H2,1-2H3,(H2,15,17,19). The van der Waals surface area contributed by atoms with Gasteiger partial charge in [-0.25, -0.2) is 14.8 Å². The molecular formula is C14H18N4OS2. The van der Waals surface area contributed by atoms with Gasteiger partial charge in [-0.1, -0.05) is 0 Å². The molecule has 0 bridgehead atoms. The molecule has 0 aromatic carbocycles. The summed E-state index contributed by atoms with van der Waals surface area (Å²) >= 11 is 3.26. The average molecular weight is 322 g/mol. The molecule has 2 heterocycles. The zero-order valence-corrected chi connectivity index (χ0v) is 13.7. The molecule has 2 amide bonds. The lowest BCUT2D eigenvalue weighted by atomic mass is 10.3. The van der Waals surface area contributed by atoms with E-state index < -0.39 is 0 Å². The molecule has 0 spiro atoms. The van der Waals surface area contributed by atoms with Crippen molar-refractivity contribution in [3.8, 4) is 0 Å². The molecule has 7 heteroatoms. The Kier molecular flexibility index (Phi) is 4.21. The SMILES string of the molecule is Cc1csc(C(C)NC(=O)NCc2csc(C3CC3)n2)n1. The van der Waals surface area contributed by atoms with E-state index in [1.165, 1.54) is 17.8 Å². The first kappa shape index (κ1) is 14.5. The van der Waals surface area contributed by atoms with Crippen molar-refractivity contribution in [2.45, 2.75) is 45.2 Å². The summed E-state index contributed by atoms with van der Waals surface area (Å²) < 4.78 is 0. The molecule has 2 N–H and O–H groups in total. The highest BCUT2D eigenvalue weighted by Gasteiger charge is 2.26. The van der Waals surface area contributed by atoms with E-state index >= 15 is 0 Å². The van der Waals surface area contributed by atoms with Crippen LogP contribution in [0.2, 0.25) is 0 Å². The minimum Gasteiger partial charge on any atom is -0.332 e. The van der Waals surface area contributed by atoms with Crippen molar-refractivity contribution in [2.24, 2.45) is 0 Å². The lowest BCUT2D eigenvalue weighted by Crippen LogP contribution is -2.36. The van der Waals surface area contributed by atoms with Gasteiger partial charge in [-0.3, -0.25) is 0 Å². The number of rotatable bonds is 5. The summed E-state index contributed by atoms with van der Waals surface area (Å²) in [6, 6.07) is -0.266. The van der Waals surface area contributed by atoms with E-state index in [4.69, 9.17) is 0 Å². The fourth-order valence-corrected chi connectivity index (χ4v) is 3.77. The molecule has 2 aromatic heterocycles. The van der Waals surface area contributed by atoms with Crippen LogP contribution in [-0.2, 0) is 6.54 Å². The third-order valence-electron chi connectivity index (χ3n) is 3.28. The van der Waals surface area contributed by atoms with E-state index in [-0.39, 0.29) is 12.1 Å². The maximum atomic E-state index is 11.9. The quantitative estimate of drug-likeness (QED) is 0.887. The monoisotopic (exact) mass is 322 g/mol. The fourth-order valence-electron chi connectivity index (χ4n) is 1.97. The molecule has 1 saturated carbocycles. The van der Waals surface area contributed by atoms with Gasteiger partial charge < -0.3 is 10.6 Å². The second-order valence-corrected chi connectivity index (χ2v) is 7.11. The number of amides is 2. The van der Waals surface area contributed by atoms with Crippen LogP contribution >= 0.6 is 22.7 Å². The average Bonchev–Trinajstić information content (AvgIpc) is 3.03. The maximum Gasteiger partial charge on any atom is 0.315 e. The fraction of sp³-hybridized carbons (Fsp3) is 0.500. The van der Waals surface area contributed by atoms with Crippen LogP contribution in [-0.4, -0.2) is 16.0 Å². The van der Waals surface area contributed by atoms with Crippen LogP contribution in [0.4, 0.5) is 4.79 Å². The molecule has 0 aliphatic heterocycles. The Hall–Kier alpha value is -1.47. The Morgan fingerprint density at radius 2 is 2.19 bits per heavy atom. The normalized spacial score (nSPS) is 15.7. The van der Waals surface area contributed by atoms with Gasteiger partial charge in [-0.15, -0.1) is 22.7 Å². The van der Waals surface area contributed by atoms with E-state index in [1.807, 2.05) is 24.6 Å². The van der Waals surface area contributed by atoms with Crippen LogP contribution < -0.4 is 10.6 Å². The molecule has 1 atom stereocenters. The van der Waals surface area contributed by atoms with Gasteiger partial charge in [0.05, 0.1) is 23.3 Å². The van der Waals surface area contributed by atoms with Gasteiger partial charge in [0.1, 0.15) is 5.01 Å². The third-order valence-corrected chi connectivity index (χ3v) is 5.48. The van der Waals surface area contributed by atoms with Crippen molar-refractivity contribution >= 4 is 28.7 Å². The highest BCUT2D eigenvalue weighted by molar-refractivity contribution is 7.10. The first-order valence-electron chi connectivity index (χ1n) is 7.02. The third kappa shape index (κ3) is 3.79. The lowest BCUT2D eigenvalue weighted by Gasteiger charge is -2.11. The van der Waals surface area contributed by atoms with Gasteiger partial charge >= 0.3 is 6.03 Å². The number of hydrogen-bond donors (Lipinski definition) is 2. The first-order chi connectivity index (χ1) is 10.1. The van der Waals surface area contributed by atoms with E-state index in [1.54, 1.807) is 22.7 Å². The molecule has 1 unspecified atom stereocenters. The van der Waals surface area contributed by atoms with Gasteiger partial charge in [0.2, 0.25) is 0 Å². The molecule has 1 aliphatic rings. The number of carbonyl (C=O) groups excluding carboxylic acids is 1. The van der Waals surface area contributed by atoms with Crippen molar-refractivity contribution in [3.63, 3.8) is 0 Å². The number of hydrogen-bond acceptors (Lipinski definition) is 5. The van der Waals surface area contributed by atoms with E-state index in [0.717, 1.165) is 16.4 Å². The Morgan fingerprint density at radius 1 is 1.38 bits per heavy atom. The Labute approximate surface area is 131 Å². The highest BCUT2D eigenvalue weighted by Crippen LogP contribution is 2.41. The summed E-state index contributed by atoms with van der Waals surface area (Å²) in [4.78, 5) is 20.8. The molecule has 1 aliphatic carbocycles. The van der Waals surface area contributed by atoms with Crippen LogP contribution in [0.1, 0.15) is 53.1 Å². The predicted octanol–water partition coefficient (Wildman–Crippen LogP) is 3.35. The topological polar surface area (TPSA) is 66.9 Å². The second-order valence-electron chi connectivity index (χ2n) is 5.33. The molecule has 112 valence electrons. The zero-order chi connectivity index (χ0) is 14.8. The second kappa shape index (κ2) is 6.11. The summed E-state index contributed by atoms with van der Waals surface area (Å²) in [6.45, 7) is 4.36. The number of aromatic nitrogens is 2. The van der Waals surface area contributed by atoms with Crippen LogP contribution in [0.25, 0.3) is 0 Å². The lowest BCUT2D eigenvalue weighted by molar-refractivity contribution is 0.237. The van der Waals surface area contributed by atoms with Crippen molar-refractivity contribution < 1.29 is 4.79 Å². The Morgan fingerprint density at radius 3 is 2.86 bits per heavy atom. The van der Waals surface area contributed by atoms with Crippen molar-refractivity contribution in [2.75, 3.05) is 0 Å². The largest absolute Gasteiger partial charge is 0.332 e. The molecule has 2 aromatic rings. The molecule has 3 rings (SSSR count). The van der Waals surface area contributed by atoms with Gasteiger partial charge in [0.15, 0.2) is 0 Å².